The second kappa shape index (κ2) is 7.79. The highest BCUT2D eigenvalue weighted by atomic mass is 19.4. The van der Waals surface area contributed by atoms with Gasteiger partial charge in [0.15, 0.2) is 0 Å². The first kappa shape index (κ1) is 20.8. The van der Waals surface area contributed by atoms with Gasteiger partial charge in [0.1, 0.15) is 29.3 Å². The number of aromatic hydroxyl groups is 1. The van der Waals surface area contributed by atoms with Crippen molar-refractivity contribution in [3.8, 4) is 11.5 Å². The number of phenolic OH excluding ortho intramolecular Hbond substituents is 1. The topological polar surface area (TPSA) is 108 Å². The molecular formula is C15H20F3NO6. The lowest BCUT2D eigenvalue weighted by Gasteiger charge is -2.23. The number of hydrogen-bond donors (Lipinski definition) is 4. The monoisotopic (exact) mass is 367 g/mol. The molecule has 25 heavy (non-hydrogen) atoms. The summed E-state index contributed by atoms with van der Waals surface area (Å²) in [4.78, 5) is 11.5. The summed E-state index contributed by atoms with van der Waals surface area (Å²) in [7, 11) is 0. The van der Waals surface area contributed by atoms with Crippen LogP contribution in [0.4, 0.5) is 18.0 Å². The van der Waals surface area contributed by atoms with Crippen molar-refractivity contribution in [1.82, 2.24) is 5.32 Å². The lowest BCUT2D eigenvalue weighted by Crippen LogP contribution is -2.39. The fourth-order valence-corrected chi connectivity index (χ4v) is 1.81. The van der Waals surface area contributed by atoms with Crippen molar-refractivity contribution < 1.29 is 42.8 Å². The molecule has 1 aromatic rings. The summed E-state index contributed by atoms with van der Waals surface area (Å²) < 4.78 is 45.9. The Morgan fingerprint density at radius 2 is 1.84 bits per heavy atom. The van der Waals surface area contributed by atoms with Crippen LogP contribution in [0.2, 0.25) is 0 Å². The van der Waals surface area contributed by atoms with Crippen LogP contribution < -0.4 is 10.1 Å². The van der Waals surface area contributed by atoms with E-state index in [0.717, 1.165) is 18.2 Å². The van der Waals surface area contributed by atoms with Crippen molar-refractivity contribution >= 4 is 6.09 Å². The summed E-state index contributed by atoms with van der Waals surface area (Å²) in [6, 6.07) is 2.56. The SMILES string of the molecule is CC(C)(C)OC(=O)NCC(O)C(O)c1cc(O)ccc1OC(F)(F)F. The molecule has 0 aliphatic rings. The van der Waals surface area contributed by atoms with Crippen molar-refractivity contribution in [1.29, 1.82) is 0 Å². The van der Waals surface area contributed by atoms with Crippen LogP contribution in [0, 0.1) is 0 Å². The standard InChI is InChI=1S/C15H20F3NO6/c1-14(2,3)25-13(23)19-7-10(21)12(22)9-6-8(20)4-5-11(9)24-15(16,17)18/h4-6,10,12,20-22H,7H2,1-3H3,(H,19,23). The van der Waals surface area contributed by atoms with Crippen molar-refractivity contribution in [3.05, 3.63) is 23.8 Å². The molecule has 0 bridgehead atoms. The van der Waals surface area contributed by atoms with E-state index in [1.54, 1.807) is 20.8 Å². The predicted octanol–water partition coefficient (Wildman–Crippen LogP) is 2.21. The molecule has 0 aliphatic heterocycles. The minimum absolute atomic E-state index is 0.434. The normalized spacial score (nSPS) is 14.6. The molecule has 1 amide bonds. The number of benzene rings is 1. The third-order valence-electron chi connectivity index (χ3n) is 2.76. The first-order valence-corrected chi connectivity index (χ1v) is 7.20. The maximum Gasteiger partial charge on any atom is 0.573 e. The summed E-state index contributed by atoms with van der Waals surface area (Å²) in [5.74, 6) is -1.22. The molecule has 0 fully saturated rings. The van der Waals surface area contributed by atoms with Crippen LogP contribution in [-0.4, -0.2) is 46.0 Å². The Morgan fingerprint density at radius 1 is 1.24 bits per heavy atom. The molecule has 2 atom stereocenters. The molecule has 0 aliphatic carbocycles. The fraction of sp³-hybridized carbons (Fsp3) is 0.533. The number of alkyl halides is 3. The van der Waals surface area contributed by atoms with Crippen LogP contribution in [-0.2, 0) is 4.74 Å². The Hall–Kier alpha value is -2.20. The zero-order valence-electron chi connectivity index (χ0n) is 13.8. The van der Waals surface area contributed by atoms with Crippen molar-refractivity contribution in [2.24, 2.45) is 0 Å². The minimum Gasteiger partial charge on any atom is -0.508 e. The van der Waals surface area contributed by atoms with Gasteiger partial charge in [0, 0.05) is 12.1 Å². The van der Waals surface area contributed by atoms with Gasteiger partial charge >= 0.3 is 12.5 Å². The number of alkyl carbamates (subject to hydrolysis) is 1. The highest BCUT2D eigenvalue weighted by molar-refractivity contribution is 5.67. The summed E-state index contributed by atoms with van der Waals surface area (Å²) in [5.41, 5.74) is -1.28. The smallest absolute Gasteiger partial charge is 0.508 e. The van der Waals surface area contributed by atoms with Gasteiger partial charge in [0.25, 0.3) is 0 Å². The Balaban J connectivity index is 2.82. The van der Waals surface area contributed by atoms with Gasteiger partial charge in [-0.3, -0.25) is 0 Å². The molecule has 1 rings (SSSR count). The number of nitrogens with one attached hydrogen (secondary N) is 1. The molecule has 7 nitrogen and oxygen atoms in total. The number of rotatable bonds is 5. The molecule has 142 valence electrons. The van der Waals surface area contributed by atoms with Gasteiger partial charge < -0.3 is 30.1 Å². The van der Waals surface area contributed by atoms with Gasteiger partial charge in [0.2, 0.25) is 0 Å². The zero-order valence-corrected chi connectivity index (χ0v) is 13.8. The maximum absolute atomic E-state index is 12.4. The molecule has 4 N–H and O–H groups in total. The second-order valence-corrected chi connectivity index (χ2v) is 6.16. The van der Waals surface area contributed by atoms with E-state index in [2.05, 4.69) is 10.1 Å². The van der Waals surface area contributed by atoms with Gasteiger partial charge in [-0.1, -0.05) is 0 Å². The van der Waals surface area contributed by atoms with Crippen LogP contribution in [0.15, 0.2) is 18.2 Å². The molecule has 0 spiro atoms. The number of halogens is 3. The molecule has 0 aromatic heterocycles. The Morgan fingerprint density at radius 3 is 2.36 bits per heavy atom. The van der Waals surface area contributed by atoms with E-state index in [1.165, 1.54) is 0 Å². The minimum atomic E-state index is -5.02. The average molecular weight is 367 g/mol. The number of aliphatic hydroxyl groups is 2. The zero-order chi connectivity index (χ0) is 19.4. The third kappa shape index (κ3) is 7.48. The van der Waals surface area contributed by atoms with Crippen LogP contribution >= 0.6 is 0 Å². The van der Waals surface area contributed by atoms with E-state index in [0.29, 0.717) is 0 Å². The largest absolute Gasteiger partial charge is 0.573 e. The Labute approximate surface area is 142 Å². The van der Waals surface area contributed by atoms with Gasteiger partial charge in [0.05, 0.1) is 0 Å². The molecular weight excluding hydrogens is 347 g/mol. The van der Waals surface area contributed by atoms with Gasteiger partial charge in [-0.05, 0) is 39.0 Å². The van der Waals surface area contributed by atoms with Crippen LogP contribution in [0.25, 0.3) is 0 Å². The second-order valence-electron chi connectivity index (χ2n) is 6.16. The van der Waals surface area contributed by atoms with E-state index < -0.39 is 53.9 Å². The van der Waals surface area contributed by atoms with Crippen molar-refractivity contribution in [3.63, 3.8) is 0 Å². The molecule has 2 unspecified atom stereocenters. The molecule has 0 heterocycles. The first-order chi connectivity index (χ1) is 11.3. The van der Waals surface area contributed by atoms with Crippen molar-refractivity contribution in [2.45, 2.75) is 44.9 Å². The highest BCUT2D eigenvalue weighted by Crippen LogP contribution is 2.34. The van der Waals surface area contributed by atoms with E-state index in [-0.39, 0.29) is 0 Å². The quantitative estimate of drug-likeness (QED) is 0.636. The molecule has 0 saturated carbocycles. The van der Waals surface area contributed by atoms with Crippen LogP contribution in [0.5, 0.6) is 11.5 Å². The van der Waals surface area contributed by atoms with E-state index in [4.69, 9.17) is 4.74 Å². The molecule has 1 aromatic carbocycles. The number of hydrogen-bond acceptors (Lipinski definition) is 6. The van der Waals surface area contributed by atoms with Crippen molar-refractivity contribution in [2.75, 3.05) is 6.54 Å². The Kier molecular flexibility index (Phi) is 6.49. The highest BCUT2D eigenvalue weighted by Gasteiger charge is 2.34. The van der Waals surface area contributed by atoms with E-state index in [1.807, 2.05) is 0 Å². The first-order valence-electron chi connectivity index (χ1n) is 7.20. The van der Waals surface area contributed by atoms with E-state index >= 15 is 0 Å². The van der Waals surface area contributed by atoms with Gasteiger partial charge in [-0.25, -0.2) is 4.79 Å². The number of amides is 1. The molecule has 0 radical (unpaired) electrons. The maximum atomic E-state index is 12.4. The third-order valence-corrected chi connectivity index (χ3v) is 2.76. The lowest BCUT2D eigenvalue weighted by atomic mass is 10.0. The number of carbonyl (C=O) groups is 1. The summed E-state index contributed by atoms with van der Waals surface area (Å²) in [6.45, 7) is 4.35. The predicted molar refractivity (Wildman–Crippen MR) is 80.0 cm³/mol. The summed E-state index contributed by atoms with van der Waals surface area (Å²) >= 11 is 0. The molecule has 10 heteroatoms. The molecule has 0 saturated heterocycles. The van der Waals surface area contributed by atoms with Crippen LogP contribution in [0.3, 0.4) is 0 Å². The van der Waals surface area contributed by atoms with Crippen LogP contribution in [0.1, 0.15) is 32.4 Å². The Bertz CT molecular complexity index is 600. The number of aliphatic hydroxyl groups excluding tert-OH is 2. The fourth-order valence-electron chi connectivity index (χ4n) is 1.81. The van der Waals surface area contributed by atoms with E-state index in [9.17, 15) is 33.3 Å². The summed E-state index contributed by atoms with van der Waals surface area (Å²) in [5, 5.41) is 31.5. The average Bonchev–Trinajstić information content (AvgIpc) is 2.42. The van der Waals surface area contributed by atoms with Gasteiger partial charge in [-0.15, -0.1) is 13.2 Å². The summed E-state index contributed by atoms with van der Waals surface area (Å²) in [6.07, 6.45) is -9.43. The number of ether oxygens (including phenoxy) is 2. The number of carbonyl (C=O) groups excluding carboxylic acids is 1. The van der Waals surface area contributed by atoms with Gasteiger partial charge in [-0.2, -0.15) is 0 Å². The number of phenols is 1. The lowest BCUT2D eigenvalue weighted by molar-refractivity contribution is -0.275.